The highest BCUT2D eigenvalue weighted by Gasteiger charge is 2.30. The molecule has 4 heteroatoms. The van der Waals surface area contributed by atoms with Gasteiger partial charge < -0.3 is 20.4 Å². The van der Waals surface area contributed by atoms with E-state index in [2.05, 4.69) is 20.4 Å². The van der Waals surface area contributed by atoms with Gasteiger partial charge in [-0.2, -0.15) is 0 Å². The van der Waals surface area contributed by atoms with Crippen LogP contribution in [0.25, 0.3) is 0 Å². The molecular formula is C9H16N4. The lowest BCUT2D eigenvalue weighted by atomic mass is 10.2. The molecule has 3 heterocycles. The van der Waals surface area contributed by atoms with E-state index in [0.29, 0.717) is 0 Å². The number of nitrogens with zero attached hydrogens (tertiary/aromatic N) is 2. The van der Waals surface area contributed by atoms with Gasteiger partial charge in [0.05, 0.1) is 0 Å². The predicted octanol–water partition coefficient (Wildman–Crippen LogP) is -0.673. The van der Waals surface area contributed by atoms with Crippen LogP contribution in [0.3, 0.4) is 0 Å². The maximum Gasteiger partial charge on any atom is 0.145 e. The lowest BCUT2D eigenvalue weighted by Crippen LogP contribution is -2.56. The van der Waals surface area contributed by atoms with Gasteiger partial charge in [-0.05, 0) is 6.42 Å². The molecule has 0 radical (unpaired) electrons. The normalized spacial score (nSPS) is 26.5. The van der Waals surface area contributed by atoms with E-state index in [1.165, 1.54) is 31.2 Å². The van der Waals surface area contributed by atoms with E-state index in [-0.39, 0.29) is 0 Å². The van der Waals surface area contributed by atoms with Crippen LogP contribution in [0.1, 0.15) is 6.42 Å². The van der Waals surface area contributed by atoms with E-state index in [9.17, 15) is 0 Å². The Morgan fingerprint density at radius 1 is 0.846 bits per heavy atom. The van der Waals surface area contributed by atoms with E-state index in [1.807, 2.05) is 0 Å². The molecule has 1 saturated heterocycles. The second-order valence-electron chi connectivity index (χ2n) is 3.88. The summed E-state index contributed by atoms with van der Waals surface area (Å²) in [4.78, 5) is 5.00. The summed E-state index contributed by atoms with van der Waals surface area (Å²) in [6.07, 6.45) is 1.32. The van der Waals surface area contributed by atoms with Gasteiger partial charge in [-0.15, -0.1) is 0 Å². The predicted molar refractivity (Wildman–Crippen MR) is 50.8 cm³/mol. The summed E-state index contributed by atoms with van der Waals surface area (Å²) >= 11 is 0. The van der Waals surface area contributed by atoms with Gasteiger partial charge in [0.2, 0.25) is 0 Å². The van der Waals surface area contributed by atoms with Crippen molar-refractivity contribution in [3.63, 3.8) is 0 Å². The fourth-order valence-corrected chi connectivity index (χ4v) is 2.47. The SMILES string of the molecule is C1CN2CCNC3=C2N(C1)CCN3. The van der Waals surface area contributed by atoms with Gasteiger partial charge in [-0.25, -0.2) is 0 Å². The third-order valence-corrected chi connectivity index (χ3v) is 3.05. The zero-order valence-electron chi connectivity index (χ0n) is 7.84. The molecule has 2 N–H and O–H groups in total. The standard InChI is InChI=1S/C9H16N4/c1-4-12-6-2-10-8-9(12)13(5-1)7-3-11-8/h10-11H,1-7H2. The van der Waals surface area contributed by atoms with E-state index >= 15 is 0 Å². The van der Waals surface area contributed by atoms with Gasteiger partial charge in [0, 0.05) is 39.3 Å². The van der Waals surface area contributed by atoms with Crippen molar-refractivity contribution in [2.75, 3.05) is 39.3 Å². The molecule has 0 aromatic heterocycles. The molecule has 0 unspecified atom stereocenters. The Morgan fingerprint density at radius 3 is 2.08 bits per heavy atom. The summed E-state index contributed by atoms with van der Waals surface area (Å²) in [7, 11) is 0. The maximum absolute atomic E-state index is 3.43. The Hall–Kier alpha value is -1.06. The number of hydrogen-bond acceptors (Lipinski definition) is 4. The first-order valence-corrected chi connectivity index (χ1v) is 5.17. The van der Waals surface area contributed by atoms with Crippen molar-refractivity contribution in [3.8, 4) is 0 Å². The summed E-state index contributed by atoms with van der Waals surface area (Å²) in [5, 5.41) is 6.87. The second-order valence-corrected chi connectivity index (χ2v) is 3.88. The first kappa shape index (κ1) is 7.35. The van der Waals surface area contributed by atoms with Crippen molar-refractivity contribution in [1.82, 2.24) is 20.4 Å². The Balaban J connectivity index is 1.98. The first-order chi connectivity index (χ1) is 6.45. The summed E-state index contributed by atoms with van der Waals surface area (Å²) in [6.45, 7) is 6.96. The minimum Gasteiger partial charge on any atom is -0.367 e. The molecule has 1 fully saturated rings. The zero-order valence-corrected chi connectivity index (χ0v) is 7.84. The molecule has 0 spiro atoms. The average molecular weight is 180 g/mol. The minimum atomic E-state index is 1.08. The zero-order chi connectivity index (χ0) is 8.67. The van der Waals surface area contributed by atoms with E-state index in [0.717, 1.165) is 26.2 Å². The molecule has 3 rings (SSSR count). The average Bonchev–Trinajstić information content (AvgIpc) is 2.19. The first-order valence-electron chi connectivity index (χ1n) is 5.17. The van der Waals surface area contributed by atoms with Gasteiger partial charge in [0.15, 0.2) is 0 Å². The molecule has 0 saturated carbocycles. The van der Waals surface area contributed by atoms with Crippen LogP contribution in [-0.4, -0.2) is 49.1 Å². The van der Waals surface area contributed by atoms with Gasteiger partial charge in [-0.1, -0.05) is 0 Å². The molecule has 0 aliphatic carbocycles. The van der Waals surface area contributed by atoms with Gasteiger partial charge in [0.1, 0.15) is 11.6 Å². The highest BCUT2D eigenvalue weighted by Crippen LogP contribution is 2.23. The number of rotatable bonds is 0. The molecule has 13 heavy (non-hydrogen) atoms. The topological polar surface area (TPSA) is 30.5 Å². The quantitative estimate of drug-likeness (QED) is 0.517. The smallest absolute Gasteiger partial charge is 0.145 e. The van der Waals surface area contributed by atoms with Crippen LogP contribution in [0.4, 0.5) is 0 Å². The van der Waals surface area contributed by atoms with Crippen LogP contribution in [0.2, 0.25) is 0 Å². The van der Waals surface area contributed by atoms with Crippen LogP contribution < -0.4 is 10.6 Å². The van der Waals surface area contributed by atoms with Crippen LogP contribution in [0.15, 0.2) is 11.6 Å². The second kappa shape index (κ2) is 2.72. The highest BCUT2D eigenvalue weighted by molar-refractivity contribution is 5.17. The molecule has 0 atom stereocenters. The largest absolute Gasteiger partial charge is 0.367 e. The minimum absolute atomic E-state index is 1.08. The molecule has 3 aliphatic rings. The lowest BCUT2D eigenvalue weighted by Gasteiger charge is -2.47. The van der Waals surface area contributed by atoms with E-state index in [1.54, 1.807) is 0 Å². The molecule has 3 aliphatic heterocycles. The Labute approximate surface area is 78.6 Å². The Bertz CT molecular complexity index is 226. The van der Waals surface area contributed by atoms with Crippen LogP contribution in [0, 0.1) is 0 Å². The van der Waals surface area contributed by atoms with Crippen LogP contribution in [0.5, 0.6) is 0 Å². The summed E-state index contributed by atoms with van der Waals surface area (Å²) in [6, 6.07) is 0. The van der Waals surface area contributed by atoms with Crippen molar-refractivity contribution in [2.45, 2.75) is 6.42 Å². The van der Waals surface area contributed by atoms with Gasteiger partial charge in [-0.3, -0.25) is 0 Å². The van der Waals surface area contributed by atoms with Crippen molar-refractivity contribution in [3.05, 3.63) is 11.6 Å². The number of hydrogen-bond donors (Lipinski definition) is 2. The third kappa shape index (κ3) is 1.04. The molecule has 72 valence electrons. The Kier molecular flexibility index (Phi) is 1.54. The monoisotopic (exact) mass is 180 g/mol. The maximum atomic E-state index is 3.43. The van der Waals surface area contributed by atoms with Gasteiger partial charge in [0.25, 0.3) is 0 Å². The summed E-state index contributed by atoms with van der Waals surface area (Å²) in [5.41, 5.74) is 0. The van der Waals surface area contributed by atoms with Crippen molar-refractivity contribution in [1.29, 1.82) is 0 Å². The van der Waals surface area contributed by atoms with Crippen LogP contribution >= 0.6 is 0 Å². The highest BCUT2D eigenvalue weighted by atomic mass is 15.4. The van der Waals surface area contributed by atoms with Crippen molar-refractivity contribution in [2.24, 2.45) is 0 Å². The van der Waals surface area contributed by atoms with E-state index in [4.69, 9.17) is 0 Å². The third-order valence-electron chi connectivity index (χ3n) is 3.05. The summed E-state index contributed by atoms with van der Waals surface area (Å²) in [5.74, 6) is 2.68. The fraction of sp³-hybridized carbons (Fsp3) is 0.778. The van der Waals surface area contributed by atoms with Crippen molar-refractivity contribution >= 4 is 0 Å². The van der Waals surface area contributed by atoms with Crippen LogP contribution in [-0.2, 0) is 0 Å². The van der Waals surface area contributed by atoms with Gasteiger partial charge >= 0.3 is 0 Å². The Morgan fingerprint density at radius 2 is 1.46 bits per heavy atom. The summed E-state index contributed by atoms with van der Waals surface area (Å²) < 4.78 is 0. The molecular weight excluding hydrogens is 164 g/mol. The molecule has 0 aromatic carbocycles. The van der Waals surface area contributed by atoms with Crippen molar-refractivity contribution < 1.29 is 0 Å². The molecule has 0 amide bonds. The molecule has 4 nitrogen and oxygen atoms in total. The lowest BCUT2D eigenvalue weighted by molar-refractivity contribution is 0.127. The number of nitrogens with one attached hydrogen (secondary N) is 2. The molecule has 0 aromatic rings. The molecule has 0 bridgehead atoms. The fourth-order valence-electron chi connectivity index (χ4n) is 2.47. The van der Waals surface area contributed by atoms with E-state index < -0.39 is 0 Å².